The Labute approximate surface area is 125 Å². The van der Waals surface area contributed by atoms with Crippen molar-refractivity contribution in [2.75, 3.05) is 30.5 Å². The first-order chi connectivity index (χ1) is 9.93. The van der Waals surface area contributed by atoms with Crippen molar-refractivity contribution in [2.45, 2.75) is 25.7 Å². The zero-order valence-electron chi connectivity index (χ0n) is 12.4. The number of benzene rings is 1. The second-order valence-corrected chi connectivity index (χ2v) is 7.61. The molecule has 21 heavy (non-hydrogen) atoms. The average molecular weight is 311 g/mol. The standard InChI is InChI=1S/C15H21NO4S/c1-11-13(12-6-7-12)4-3-5-14(11)16-15(17)10-21(18,19)9-8-20-2/h3-5,12H,6-10H2,1-2H3,(H,16,17). The van der Waals surface area contributed by atoms with Crippen molar-refractivity contribution in [3.8, 4) is 0 Å². The van der Waals surface area contributed by atoms with E-state index in [-0.39, 0.29) is 12.4 Å². The molecular formula is C15H21NO4S. The van der Waals surface area contributed by atoms with Crippen LogP contribution in [-0.4, -0.2) is 39.5 Å². The molecular weight excluding hydrogens is 290 g/mol. The molecule has 1 aliphatic rings. The smallest absolute Gasteiger partial charge is 0.239 e. The molecule has 5 nitrogen and oxygen atoms in total. The van der Waals surface area contributed by atoms with Crippen LogP contribution in [0.15, 0.2) is 18.2 Å². The van der Waals surface area contributed by atoms with Gasteiger partial charge >= 0.3 is 0 Å². The van der Waals surface area contributed by atoms with E-state index in [9.17, 15) is 13.2 Å². The summed E-state index contributed by atoms with van der Waals surface area (Å²) in [6.07, 6.45) is 2.37. The van der Waals surface area contributed by atoms with Gasteiger partial charge in [-0.25, -0.2) is 8.42 Å². The summed E-state index contributed by atoms with van der Waals surface area (Å²) in [5.41, 5.74) is 2.98. The molecule has 0 aromatic heterocycles. The maximum absolute atomic E-state index is 11.9. The number of anilines is 1. The molecule has 1 aromatic carbocycles. The van der Waals surface area contributed by atoms with Gasteiger partial charge in [0, 0.05) is 12.8 Å². The van der Waals surface area contributed by atoms with E-state index in [2.05, 4.69) is 11.4 Å². The highest BCUT2D eigenvalue weighted by atomic mass is 32.2. The van der Waals surface area contributed by atoms with E-state index in [1.165, 1.54) is 25.5 Å². The van der Waals surface area contributed by atoms with Gasteiger partial charge < -0.3 is 10.1 Å². The number of hydrogen-bond acceptors (Lipinski definition) is 4. The Morgan fingerprint density at radius 1 is 1.38 bits per heavy atom. The molecule has 1 aromatic rings. The summed E-state index contributed by atoms with van der Waals surface area (Å²) >= 11 is 0. The number of amides is 1. The van der Waals surface area contributed by atoms with Crippen LogP contribution in [0.5, 0.6) is 0 Å². The molecule has 0 heterocycles. The molecule has 0 radical (unpaired) electrons. The predicted octanol–water partition coefficient (Wildman–Crippen LogP) is 1.87. The van der Waals surface area contributed by atoms with Gasteiger partial charge in [-0.15, -0.1) is 0 Å². The molecule has 2 rings (SSSR count). The van der Waals surface area contributed by atoms with Crippen LogP contribution < -0.4 is 5.32 Å². The van der Waals surface area contributed by atoms with Gasteiger partial charge in [0.2, 0.25) is 5.91 Å². The van der Waals surface area contributed by atoms with Gasteiger partial charge in [0.15, 0.2) is 9.84 Å². The number of nitrogens with one attached hydrogen (secondary N) is 1. The number of methoxy groups -OCH3 is 1. The summed E-state index contributed by atoms with van der Waals surface area (Å²) in [6.45, 7) is 2.06. The van der Waals surface area contributed by atoms with Gasteiger partial charge in [-0.05, 0) is 42.9 Å². The first-order valence-corrected chi connectivity index (χ1v) is 8.84. The van der Waals surface area contributed by atoms with Gasteiger partial charge in [0.05, 0.1) is 12.4 Å². The molecule has 1 N–H and O–H groups in total. The summed E-state index contributed by atoms with van der Waals surface area (Å²) in [6, 6.07) is 5.77. The number of sulfone groups is 1. The number of carbonyl (C=O) groups is 1. The van der Waals surface area contributed by atoms with Crippen LogP contribution in [0.25, 0.3) is 0 Å². The van der Waals surface area contributed by atoms with Crippen molar-refractivity contribution in [2.24, 2.45) is 0 Å². The van der Waals surface area contributed by atoms with Crippen LogP contribution >= 0.6 is 0 Å². The minimum absolute atomic E-state index is 0.103. The molecule has 1 saturated carbocycles. The third-order valence-corrected chi connectivity index (χ3v) is 5.11. The Kier molecular flexibility index (Phi) is 5.00. The largest absolute Gasteiger partial charge is 0.384 e. The third-order valence-electron chi connectivity index (χ3n) is 3.62. The number of ether oxygens (including phenoxy) is 1. The fourth-order valence-corrected chi connectivity index (χ4v) is 3.33. The minimum Gasteiger partial charge on any atom is -0.384 e. The van der Waals surface area contributed by atoms with E-state index in [4.69, 9.17) is 4.74 Å². The predicted molar refractivity (Wildman–Crippen MR) is 82.3 cm³/mol. The van der Waals surface area contributed by atoms with Gasteiger partial charge in [-0.3, -0.25) is 4.79 Å². The molecule has 6 heteroatoms. The van der Waals surface area contributed by atoms with E-state index in [1.54, 1.807) is 6.07 Å². The van der Waals surface area contributed by atoms with Crippen molar-refractivity contribution in [1.82, 2.24) is 0 Å². The zero-order chi connectivity index (χ0) is 15.5. The first kappa shape index (κ1) is 16.0. The molecule has 1 fully saturated rings. The minimum atomic E-state index is -3.43. The van der Waals surface area contributed by atoms with Crippen LogP contribution in [0, 0.1) is 6.92 Å². The van der Waals surface area contributed by atoms with Crippen LogP contribution in [0.2, 0.25) is 0 Å². The molecule has 0 atom stereocenters. The highest BCUT2D eigenvalue weighted by Gasteiger charge is 2.26. The Hall–Kier alpha value is -1.40. The van der Waals surface area contributed by atoms with Crippen molar-refractivity contribution in [3.63, 3.8) is 0 Å². The molecule has 1 aliphatic carbocycles. The van der Waals surface area contributed by atoms with Crippen molar-refractivity contribution in [3.05, 3.63) is 29.3 Å². The number of carbonyl (C=O) groups excluding carboxylic acids is 1. The lowest BCUT2D eigenvalue weighted by Crippen LogP contribution is -2.26. The zero-order valence-corrected chi connectivity index (χ0v) is 13.2. The molecule has 0 spiro atoms. The van der Waals surface area contributed by atoms with Crippen LogP contribution in [0.4, 0.5) is 5.69 Å². The third kappa shape index (κ3) is 4.54. The molecule has 0 aliphatic heterocycles. The molecule has 1 amide bonds. The summed E-state index contributed by atoms with van der Waals surface area (Å²) in [5, 5.41) is 2.71. The number of hydrogen-bond donors (Lipinski definition) is 1. The second kappa shape index (κ2) is 6.58. The fourth-order valence-electron chi connectivity index (χ4n) is 2.29. The summed E-state index contributed by atoms with van der Waals surface area (Å²) in [5.74, 6) is -0.559. The number of rotatable bonds is 7. The van der Waals surface area contributed by atoms with E-state index in [0.29, 0.717) is 11.6 Å². The molecule has 0 saturated heterocycles. The molecule has 116 valence electrons. The Morgan fingerprint density at radius 3 is 2.71 bits per heavy atom. The fraction of sp³-hybridized carbons (Fsp3) is 0.533. The SMILES string of the molecule is COCCS(=O)(=O)CC(=O)Nc1cccc(C2CC2)c1C. The first-order valence-electron chi connectivity index (χ1n) is 7.01. The summed E-state index contributed by atoms with van der Waals surface area (Å²) in [7, 11) is -1.99. The van der Waals surface area contributed by atoms with Crippen LogP contribution in [-0.2, 0) is 19.4 Å². The average Bonchev–Trinajstić information content (AvgIpc) is 3.22. The topological polar surface area (TPSA) is 72.5 Å². The van der Waals surface area contributed by atoms with Crippen molar-refractivity contribution >= 4 is 21.4 Å². The van der Waals surface area contributed by atoms with E-state index in [1.807, 2.05) is 13.0 Å². The monoisotopic (exact) mass is 311 g/mol. The Morgan fingerprint density at radius 2 is 2.10 bits per heavy atom. The lowest BCUT2D eigenvalue weighted by molar-refractivity contribution is -0.113. The van der Waals surface area contributed by atoms with Crippen LogP contribution in [0.3, 0.4) is 0 Å². The van der Waals surface area contributed by atoms with Gasteiger partial charge in [-0.1, -0.05) is 12.1 Å². The highest BCUT2D eigenvalue weighted by Crippen LogP contribution is 2.42. The quantitative estimate of drug-likeness (QED) is 0.834. The lowest BCUT2D eigenvalue weighted by atomic mass is 10.0. The maximum Gasteiger partial charge on any atom is 0.239 e. The second-order valence-electron chi connectivity index (χ2n) is 5.43. The summed E-state index contributed by atoms with van der Waals surface area (Å²) < 4.78 is 28.2. The summed E-state index contributed by atoms with van der Waals surface area (Å²) in [4.78, 5) is 11.9. The normalized spacial score (nSPS) is 15.0. The van der Waals surface area contributed by atoms with E-state index < -0.39 is 21.5 Å². The van der Waals surface area contributed by atoms with Crippen molar-refractivity contribution < 1.29 is 17.9 Å². The van der Waals surface area contributed by atoms with Crippen molar-refractivity contribution in [1.29, 1.82) is 0 Å². The highest BCUT2D eigenvalue weighted by molar-refractivity contribution is 7.92. The van der Waals surface area contributed by atoms with Gasteiger partial charge in [-0.2, -0.15) is 0 Å². The van der Waals surface area contributed by atoms with Gasteiger partial charge in [0.1, 0.15) is 5.75 Å². The maximum atomic E-state index is 11.9. The lowest BCUT2D eigenvalue weighted by Gasteiger charge is -2.12. The Balaban J connectivity index is 2.01. The Bertz CT molecular complexity index is 621. The molecule has 0 bridgehead atoms. The molecule has 0 unspecified atom stereocenters. The van der Waals surface area contributed by atoms with Gasteiger partial charge in [0.25, 0.3) is 0 Å². The van der Waals surface area contributed by atoms with E-state index in [0.717, 1.165) is 5.56 Å². The van der Waals surface area contributed by atoms with E-state index >= 15 is 0 Å². The van der Waals surface area contributed by atoms with Crippen LogP contribution in [0.1, 0.15) is 29.9 Å².